The van der Waals surface area contributed by atoms with E-state index in [1.807, 2.05) is 80.1 Å². The van der Waals surface area contributed by atoms with E-state index >= 15 is 0 Å². The molecule has 8 nitrogen and oxygen atoms in total. The van der Waals surface area contributed by atoms with Gasteiger partial charge in [-0.05, 0) is 36.6 Å². The van der Waals surface area contributed by atoms with Gasteiger partial charge in [-0.25, -0.2) is 4.79 Å². The average molecular weight is 449 g/mol. The normalized spacial score (nSPS) is 12.2. The number of amides is 3. The molecule has 2 heterocycles. The second kappa shape index (κ2) is 8.88. The van der Waals surface area contributed by atoms with Crippen LogP contribution in [0, 0.1) is 12.8 Å². The number of hydrogen-bond acceptors (Lipinski definition) is 5. The van der Waals surface area contributed by atoms with E-state index in [1.54, 1.807) is 0 Å². The number of nitrogens with zero attached hydrogens (tertiary/aromatic N) is 3. The number of benzene rings is 2. The first-order chi connectivity index (χ1) is 15.3. The Morgan fingerprint density at radius 3 is 2.62 bits per heavy atom. The Morgan fingerprint density at radius 1 is 1.12 bits per heavy atom. The van der Waals surface area contributed by atoms with Gasteiger partial charge in [0.1, 0.15) is 0 Å². The fourth-order valence-corrected chi connectivity index (χ4v) is 4.63. The number of rotatable bonds is 6. The van der Waals surface area contributed by atoms with E-state index in [-0.39, 0.29) is 5.92 Å². The number of fused-ring (bicyclic) bond motifs is 1. The number of hydrogen-bond donors (Lipinski definition) is 3. The van der Waals surface area contributed by atoms with Crippen LogP contribution in [0.5, 0.6) is 0 Å². The molecule has 0 fully saturated rings. The van der Waals surface area contributed by atoms with E-state index in [0.29, 0.717) is 11.0 Å². The van der Waals surface area contributed by atoms with Crippen LogP contribution in [0.15, 0.2) is 59.9 Å². The zero-order valence-electron chi connectivity index (χ0n) is 18.0. The molecule has 0 spiro atoms. The first-order valence-corrected chi connectivity index (χ1v) is 11.1. The smallest absolute Gasteiger partial charge is 0.318 e. The number of nitrogens with one attached hydrogen (secondary N) is 2. The van der Waals surface area contributed by atoms with Crippen molar-refractivity contribution in [1.82, 2.24) is 25.1 Å². The third-order valence-electron chi connectivity index (χ3n) is 5.07. The second-order valence-corrected chi connectivity index (χ2v) is 8.97. The Hall–Kier alpha value is -3.59. The monoisotopic (exact) mass is 448 g/mol. The summed E-state index contributed by atoms with van der Waals surface area (Å²) in [4.78, 5) is 27.1. The lowest BCUT2D eigenvalue weighted by atomic mass is 10.1. The van der Waals surface area contributed by atoms with Crippen molar-refractivity contribution in [1.29, 1.82) is 0 Å². The second-order valence-electron chi connectivity index (χ2n) is 7.86. The number of aromatic nitrogens is 4. The Balaban J connectivity index is 1.85. The van der Waals surface area contributed by atoms with Crippen LogP contribution < -0.4 is 11.1 Å². The highest BCUT2D eigenvalue weighted by molar-refractivity contribution is 8.00. The molecule has 1 unspecified atom stereocenters. The molecule has 0 aliphatic heterocycles. The Bertz CT molecular complexity index is 1290. The molecule has 1 atom stereocenters. The zero-order chi connectivity index (χ0) is 22.8. The quantitative estimate of drug-likeness (QED) is 0.385. The lowest BCUT2D eigenvalue weighted by molar-refractivity contribution is -0.120. The van der Waals surface area contributed by atoms with Gasteiger partial charge in [0.15, 0.2) is 11.0 Å². The van der Waals surface area contributed by atoms with Crippen molar-refractivity contribution in [3.63, 3.8) is 0 Å². The van der Waals surface area contributed by atoms with Gasteiger partial charge in [0.2, 0.25) is 5.91 Å². The van der Waals surface area contributed by atoms with Crippen LogP contribution >= 0.6 is 11.8 Å². The summed E-state index contributed by atoms with van der Waals surface area (Å²) in [6.45, 7) is 5.83. The summed E-state index contributed by atoms with van der Waals surface area (Å²) in [6.07, 6.45) is 1.91. The van der Waals surface area contributed by atoms with Crippen LogP contribution in [0.4, 0.5) is 4.79 Å². The van der Waals surface area contributed by atoms with Gasteiger partial charge in [0.25, 0.3) is 0 Å². The number of H-pyrrole nitrogens is 1. The first-order valence-electron chi connectivity index (χ1n) is 10.2. The van der Waals surface area contributed by atoms with Crippen LogP contribution in [-0.4, -0.2) is 36.9 Å². The molecule has 4 N–H and O–H groups in total. The van der Waals surface area contributed by atoms with E-state index in [1.165, 1.54) is 11.8 Å². The molecule has 4 rings (SSSR count). The third-order valence-corrected chi connectivity index (χ3v) is 6.55. The van der Waals surface area contributed by atoms with Gasteiger partial charge in [0, 0.05) is 28.4 Å². The average Bonchev–Trinajstić information content (AvgIpc) is 3.35. The number of carbonyl (C=O) groups is 2. The fourth-order valence-electron chi connectivity index (χ4n) is 3.58. The topological polar surface area (TPSA) is 119 Å². The van der Waals surface area contributed by atoms with Crippen molar-refractivity contribution >= 4 is 34.6 Å². The number of aromatic amines is 1. The number of para-hydroxylation sites is 1. The van der Waals surface area contributed by atoms with Crippen LogP contribution in [-0.2, 0) is 4.79 Å². The number of carbonyl (C=O) groups excluding carboxylic acids is 2. The summed E-state index contributed by atoms with van der Waals surface area (Å²) >= 11 is 1.26. The zero-order valence-corrected chi connectivity index (χ0v) is 18.8. The minimum absolute atomic E-state index is 0.0708. The number of imide groups is 1. The molecule has 3 amide bonds. The van der Waals surface area contributed by atoms with Crippen LogP contribution in [0.3, 0.4) is 0 Å². The third kappa shape index (κ3) is 4.24. The van der Waals surface area contributed by atoms with Gasteiger partial charge in [-0.15, -0.1) is 10.2 Å². The molecule has 4 aromatic rings. The predicted molar refractivity (Wildman–Crippen MR) is 126 cm³/mol. The molecule has 0 radical (unpaired) electrons. The van der Waals surface area contributed by atoms with Gasteiger partial charge in [-0.3, -0.25) is 14.7 Å². The molecule has 0 aliphatic rings. The number of aryl methyl sites for hydroxylation is 1. The molecule has 164 valence electrons. The van der Waals surface area contributed by atoms with Crippen molar-refractivity contribution in [3.8, 4) is 17.1 Å². The molecule has 2 aromatic heterocycles. The largest absolute Gasteiger partial charge is 0.360 e. The van der Waals surface area contributed by atoms with Gasteiger partial charge in [0.05, 0.1) is 5.25 Å². The minimum atomic E-state index is -0.874. The standard InChI is InChI=1S/C23H24N6O2S/c1-13(2)19(21(30)26-22(24)31)32-23-28-27-20(29(23)15-8-6-7-14(3)11-15)17-12-25-18-10-5-4-9-16(17)18/h4-13,19,25H,1-3H3,(H3,24,26,30,31). The summed E-state index contributed by atoms with van der Waals surface area (Å²) < 4.78 is 1.94. The summed E-state index contributed by atoms with van der Waals surface area (Å²) in [5, 5.41) is 12.1. The SMILES string of the molecule is Cc1cccc(-n2c(SC(C(=O)NC(N)=O)C(C)C)nnc2-c2c[nH]c3ccccc23)c1. The highest BCUT2D eigenvalue weighted by atomic mass is 32.2. The number of urea groups is 1. The van der Waals surface area contributed by atoms with Crippen LogP contribution in [0.2, 0.25) is 0 Å². The summed E-state index contributed by atoms with van der Waals surface area (Å²) in [7, 11) is 0. The summed E-state index contributed by atoms with van der Waals surface area (Å²) in [6, 6.07) is 15.1. The maximum atomic E-state index is 12.6. The molecule has 0 bridgehead atoms. The van der Waals surface area contributed by atoms with Gasteiger partial charge >= 0.3 is 6.03 Å². The maximum Gasteiger partial charge on any atom is 0.318 e. The molecular weight excluding hydrogens is 424 g/mol. The Morgan fingerprint density at radius 2 is 1.91 bits per heavy atom. The Kier molecular flexibility index (Phi) is 6.00. The van der Waals surface area contributed by atoms with Crippen molar-refractivity contribution in [2.75, 3.05) is 0 Å². The van der Waals surface area contributed by atoms with Gasteiger partial charge in [-0.1, -0.05) is 55.9 Å². The Labute approximate surface area is 189 Å². The summed E-state index contributed by atoms with van der Waals surface area (Å²) in [5.41, 5.74) is 9.04. The number of primary amides is 1. The lowest BCUT2D eigenvalue weighted by Crippen LogP contribution is -2.42. The van der Waals surface area contributed by atoms with Crippen LogP contribution in [0.25, 0.3) is 28.0 Å². The van der Waals surface area contributed by atoms with Crippen molar-refractivity contribution in [2.24, 2.45) is 11.7 Å². The lowest BCUT2D eigenvalue weighted by Gasteiger charge is -2.19. The van der Waals surface area contributed by atoms with Crippen molar-refractivity contribution in [3.05, 3.63) is 60.3 Å². The van der Waals surface area contributed by atoms with E-state index in [0.717, 1.165) is 27.7 Å². The molecular formula is C23H24N6O2S. The molecule has 9 heteroatoms. The molecule has 0 saturated heterocycles. The van der Waals surface area contributed by atoms with E-state index in [4.69, 9.17) is 5.73 Å². The van der Waals surface area contributed by atoms with Gasteiger partial charge in [-0.2, -0.15) is 0 Å². The molecule has 2 aromatic carbocycles. The highest BCUT2D eigenvalue weighted by Crippen LogP contribution is 2.35. The predicted octanol–water partition coefficient (Wildman–Crippen LogP) is 4.04. The van der Waals surface area contributed by atoms with E-state index in [9.17, 15) is 9.59 Å². The first kappa shape index (κ1) is 21.6. The highest BCUT2D eigenvalue weighted by Gasteiger charge is 2.28. The maximum absolute atomic E-state index is 12.6. The van der Waals surface area contributed by atoms with E-state index in [2.05, 4.69) is 20.5 Å². The molecule has 0 saturated carbocycles. The summed E-state index contributed by atoms with van der Waals surface area (Å²) in [5.74, 6) is 0.136. The van der Waals surface area contributed by atoms with Crippen molar-refractivity contribution in [2.45, 2.75) is 31.2 Å². The number of nitrogens with two attached hydrogens (primary N) is 1. The van der Waals surface area contributed by atoms with Crippen molar-refractivity contribution < 1.29 is 9.59 Å². The minimum Gasteiger partial charge on any atom is -0.360 e. The molecule has 0 aliphatic carbocycles. The van der Waals surface area contributed by atoms with Gasteiger partial charge < -0.3 is 10.7 Å². The number of thioether (sulfide) groups is 1. The van der Waals surface area contributed by atoms with E-state index < -0.39 is 17.2 Å². The molecule has 32 heavy (non-hydrogen) atoms. The van der Waals surface area contributed by atoms with Crippen LogP contribution in [0.1, 0.15) is 19.4 Å². The fraction of sp³-hybridized carbons (Fsp3) is 0.217.